The summed E-state index contributed by atoms with van der Waals surface area (Å²) in [5.74, 6) is 1.07. The lowest BCUT2D eigenvalue weighted by Crippen LogP contribution is -2.33. The molecule has 3 N–H and O–H groups in total. The van der Waals surface area contributed by atoms with E-state index in [0.29, 0.717) is 6.04 Å². The Morgan fingerprint density at radius 1 is 1.33 bits per heavy atom. The summed E-state index contributed by atoms with van der Waals surface area (Å²) in [6.07, 6.45) is 4.63. The molecule has 1 atom stereocenters. The van der Waals surface area contributed by atoms with E-state index in [9.17, 15) is 0 Å². The zero-order chi connectivity index (χ0) is 16.7. The topological polar surface area (TPSA) is 57.4 Å². The van der Waals surface area contributed by atoms with Gasteiger partial charge in [0, 0.05) is 23.2 Å². The van der Waals surface area contributed by atoms with E-state index in [-0.39, 0.29) is 5.54 Å². The molecular weight excluding hydrogens is 316 g/mol. The van der Waals surface area contributed by atoms with Crippen LogP contribution in [-0.4, -0.2) is 47.4 Å². The lowest BCUT2D eigenvalue weighted by Gasteiger charge is -2.24. The number of nitrogens with zero attached hydrogens (tertiary/aromatic N) is 2. The van der Waals surface area contributed by atoms with Crippen molar-refractivity contribution in [3.8, 4) is 0 Å². The number of para-hydroxylation sites is 1. The van der Waals surface area contributed by atoms with E-state index in [1.54, 1.807) is 0 Å². The molecule has 2 heterocycles. The van der Waals surface area contributed by atoms with Crippen molar-refractivity contribution >= 4 is 27.7 Å². The average molecular weight is 343 g/mol. The van der Waals surface area contributed by atoms with Crippen molar-refractivity contribution < 1.29 is 0 Å². The number of nitrogens with two attached hydrogens (primary N) is 1. The standard InChI is InChI=1S/C19H26N4S/c1-23(2)11-14-12-24-18(21-14)16-10-13-6-5-7-15(17(13)22-16)19(20)8-3-4-9-19/h5-7,10,14,22H,3-4,8-9,11-12,20H2,1-2H3/t14-/m1/s1. The fraction of sp³-hybridized carbons (Fsp3) is 0.526. The molecule has 128 valence electrons. The number of nitrogens with one attached hydrogen (secondary N) is 1. The molecule has 1 aliphatic heterocycles. The normalized spacial score (nSPS) is 23.3. The monoisotopic (exact) mass is 342 g/mol. The Bertz CT molecular complexity index is 771. The van der Waals surface area contributed by atoms with E-state index in [0.717, 1.165) is 35.9 Å². The number of aromatic nitrogens is 1. The molecule has 4 rings (SSSR count). The Morgan fingerprint density at radius 3 is 2.88 bits per heavy atom. The zero-order valence-electron chi connectivity index (χ0n) is 14.5. The first kappa shape index (κ1) is 16.2. The van der Waals surface area contributed by atoms with Crippen LogP contribution in [0.5, 0.6) is 0 Å². The second-order valence-electron chi connectivity index (χ2n) is 7.48. The lowest BCUT2D eigenvalue weighted by atomic mass is 9.88. The third kappa shape index (κ3) is 2.89. The van der Waals surface area contributed by atoms with Gasteiger partial charge < -0.3 is 15.6 Å². The highest BCUT2D eigenvalue weighted by molar-refractivity contribution is 8.14. The molecule has 1 fully saturated rings. The van der Waals surface area contributed by atoms with Gasteiger partial charge in [0.15, 0.2) is 0 Å². The number of benzene rings is 1. The van der Waals surface area contributed by atoms with E-state index in [4.69, 9.17) is 10.7 Å². The average Bonchev–Trinajstić information content (AvgIpc) is 3.24. The van der Waals surface area contributed by atoms with E-state index < -0.39 is 0 Å². The highest BCUT2D eigenvalue weighted by Gasteiger charge is 2.33. The first-order valence-electron chi connectivity index (χ1n) is 8.82. The fourth-order valence-corrected chi connectivity index (χ4v) is 5.06. The third-order valence-corrected chi connectivity index (χ3v) is 6.36. The number of aliphatic imine (C=N–C) groups is 1. The first-order chi connectivity index (χ1) is 11.5. The maximum Gasteiger partial charge on any atom is 0.114 e. The minimum atomic E-state index is -0.167. The number of hydrogen-bond donors (Lipinski definition) is 2. The van der Waals surface area contributed by atoms with Crippen LogP contribution in [0.15, 0.2) is 29.3 Å². The summed E-state index contributed by atoms with van der Waals surface area (Å²) in [6, 6.07) is 9.14. The number of likely N-dealkylation sites (N-methyl/N-ethyl adjacent to an activating group) is 1. The molecule has 4 nitrogen and oxygen atoms in total. The molecule has 2 aliphatic rings. The molecule has 2 aromatic rings. The van der Waals surface area contributed by atoms with Crippen molar-refractivity contribution in [3.05, 3.63) is 35.5 Å². The molecule has 5 heteroatoms. The lowest BCUT2D eigenvalue weighted by molar-refractivity contribution is 0.387. The number of rotatable bonds is 4. The SMILES string of the molecule is CN(C)C[C@@H]1CSC(c2cc3cccc(C4(N)CCCC4)c3[nH]2)=N1. The Hall–Kier alpha value is -1.30. The number of thioether (sulfide) groups is 1. The Kier molecular flexibility index (Phi) is 4.19. The molecule has 0 bridgehead atoms. The summed E-state index contributed by atoms with van der Waals surface area (Å²) in [4.78, 5) is 10.8. The van der Waals surface area contributed by atoms with Crippen molar-refractivity contribution in [2.45, 2.75) is 37.3 Å². The van der Waals surface area contributed by atoms with Gasteiger partial charge in [-0.05, 0) is 38.6 Å². The van der Waals surface area contributed by atoms with Gasteiger partial charge in [0.05, 0.1) is 17.3 Å². The number of aromatic amines is 1. The number of fused-ring (bicyclic) bond motifs is 1. The van der Waals surface area contributed by atoms with Gasteiger partial charge in [-0.3, -0.25) is 4.99 Å². The summed E-state index contributed by atoms with van der Waals surface area (Å²) < 4.78 is 0. The van der Waals surface area contributed by atoms with Crippen molar-refractivity contribution in [1.82, 2.24) is 9.88 Å². The van der Waals surface area contributed by atoms with Crippen molar-refractivity contribution in [2.24, 2.45) is 10.7 Å². The van der Waals surface area contributed by atoms with E-state index >= 15 is 0 Å². The largest absolute Gasteiger partial charge is 0.353 e. The maximum atomic E-state index is 6.73. The van der Waals surface area contributed by atoms with Crippen LogP contribution in [0.25, 0.3) is 10.9 Å². The van der Waals surface area contributed by atoms with Crippen molar-refractivity contribution in [1.29, 1.82) is 0 Å². The summed E-state index contributed by atoms with van der Waals surface area (Å²) in [7, 11) is 4.21. The summed E-state index contributed by atoms with van der Waals surface area (Å²) in [5, 5.41) is 2.39. The smallest absolute Gasteiger partial charge is 0.114 e. The van der Waals surface area contributed by atoms with Crippen LogP contribution in [0, 0.1) is 0 Å². The summed E-state index contributed by atoms with van der Waals surface area (Å²) >= 11 is 1.86. The van der Waals surface area contributed by atoms with Gasteiger partial charge in [0.2, 0.25) is 0 Å². The molecule has 1 aromatic heterocycles. The third-order valence-electron chi connectivity index (χ3n) is 5.21. The molecule has 24 heavy (non-hydrogen) atoms. The van der Waals surface area contributed by atoms with Gasteiger partial charge in [0.1, 0.15) is 5.04 Å². The van der Waals surface area contributed by atoms with Gasteiger partial charge in [-0.1, -0.05) is 31.0 Å². The van der Waals surface area contributed by atoms with Gasteiger partial charge in [-0.2, -0.15) is 0 Å². The molecule has 0 amide bonds. The number of H-pyrrole nitrogens is 1. The van der Waals surface area contributed by atoms with Gasteiger partial charge in [0.25, 0.3) is 0 Å². The molecule has 0 spiro atoms. The molecule has 0 unspecified atom stereocenters. The van der Waals surface area contributed by atoms with Crippen molar-refractivity contribution in [3.63, 3.8) is 0 Å². The van der Waals surface area contributed by atoms with Gasteiger partial charge in [-0.15, -0.1) is 11.8 Å². The quantitative estimate of drug-likeness (QED) is 0.896. The Labute approximate surface area is 147 Å². The van der Waals surface area contributed by atoms with Gasteiger partial charge in [-0.25, -0.2) is 0 Å². The van der Waals surface area contributed by atoms with E-state index in [2.05, 4.69) is 48.2 Å². The fourth-order valence-electron chi connectivity index (χ4n) is 4.04. The molecule has 1 aromatic carbocycles. The van der Waals surface area contributed by atoms with Crippen LogP contribution >= 0.6 is 11.8 Å². The molecule has 1 aliphatic carbocycles. The minimum Gasteiger partial charge on any atom is -0.353 e. The summed E-state index contributed by atoms with van der Waals surface area (Å²) in [5.41, 5.74) is 10.2. The van der Waals surface area contributed by atoms with Gasteiger partial charge >= 0.3 is 0 Å². The minimum absolute atomic E-state index is 0.167. The van der Waals surface area contributed by atoms with Crippen LogP contribution < -0.4 is 5.73 Å². The van der Waals surface area contributed by atoms with Crippen LogP contribution in [0.3, 0.4) is 0 Å². The second kappa shape index (κ2) is 6.21. The molecular formula is C19H26N4S. The molecule has 0 saturated heterocycles. The predicted molar refractivity (Wildman–Crippen MR) is 104 cm³/mol. The second-order valence-corrected chi connectivity index (χ2v) is 8.49. The highest BCUT2D eigenvalue weighted by atomic mass is 32.2. The highest BCUT2D eigenvalue weighted by Crippen LogP contribution is 2.39. The Balaban J connectivity index is 1.69. The van der Waals surface area contributed by atoms with Crippen LogP contribution in [0.2, 0.25) is 0 Å². The summed E-state index contributed by atoms with van der Waals surface area (Å²) in [6.45, 7) is 1.01. The molecule has 1 saturated carbocycles. The zero-order valence-corrected chi connectivity index (χ0v) is 15.3. The van der Waals surface area contributed by atoms with Crippen LogP contribution in [0.4, 0.5) is 0 Å². The predicted octanol–water partition coefficient (Wildman–Crippen LogP) is 3.32. The Morgan fingerprint density at radius 2 is 2.12 bits per heavy atom. The molecule has 0 radical (unpaired) electrons. The number of hydrogen-bond acceptors (Lipinski definition) is 4. The maximum absolute atomic E-state index is 6.73. The first-order valence-corrected chi connectivity index (χ1v) is 9.80. The van der Waals surface area contributed by atoms with E-state index in [1.165, 1.54) is 29.3 Å². The van der Waals surface area contributed by atoms with Crippen molar-refractivity contribution in [2.75, 3.05) is 26.4 Å². The van der Waals surface area contributed by atoms with E-state index in [1.807, 2.05) is 11.8 Å². The van der Waals surface area contributed by atoms with Crippen LogP contribution in [-0.2, 0) is 5.54 Å². The van der Waals surface area contributed by atoms with Crippen LogP contribution in [0.1, 0.15) is 36.9 Å².